The van der Waals surface area contributed by atoms with Gasteiger partial charge in [-0.05, 0) is 61.2 Å². The number of aryl methyl sites for hydroxylation is 3. The molecule has 0 atom stereocenters. The summed E-state index contributed by atoms with van der Waals surface area (Å²) >= 11 is 5.92. The molecule has 2 aromatic rings. The van der Waals surface area contributed by atoms with Gasteiger partial charge in [-0.3, -0.25) is 4.99 Å². The van der Waals surface area contributed by atoms with Crippen LogP contribution in [0, 0.1) is 32.6 Å². The lowest BCUT2D eigenvalue weighted by Gasteiger charge is -2.03. The number of hydrogen-bond acceptors (Lipinski definition) is 1. The fourth-order valence-electron chi connectivity index (χ4n) is 2.01. The normalized spacial score (nSPS) is 10.5. The quantitative estimate of drug-likeness (QED) is 0.561. The minimum atomic E-state index is 0.485. The van der Waals surface area contributed by atoms with E-state index in [4.69, 9.17) is 11.6 Å². The molecule has 106 valence electrons. The predicted octanol–water partition coefficient (Wildman–Crippen LogP) is 4.74. The van der Waals surface area contributed by atoms with Crippen LogP contribution in [-0.2, 0) is 0 Å². The van der Waals surface area contributed by atoms with E-state index in [-0.39, 0.29) is 0 Å². The summed E-state index contributed by atoms with van der Waals surface area (Å²) in [5.41, 5.74) is 5.86. The SMILES string of the molecule is Cc1cc(C)c(C#CCN=Cc2cccc(Cl)c2)cc1C. The number of nitrogens with zero attached hydrogens (tertiary/aromatic N) is 1. The maximum absolute atomic E-state index is 5.92. The van der Waals surface area contributed by atoms with Crippen LogP contribution in [-0.4, -0.2) is 12.8 Å². The topological polar surface area (TPSA) is 12.4 Å². The Labute approximate surface area is 131 Å². The molecule has 0 aliphatic heterocycles. The van der Waals surface area contributed by atoms with Gasteiger partial charge in [0.25, 0.3) is 0 Å². The molecule has 2 rings (SSSR count). The van der Waals surface area contributed by atoms with Crippen molar-refractivity contribution in [2.24, 2.45) is 4.99 Å². The van der Waals surface area contributed by atoms with Crippen LogP contribution in [0.5, 0.6) is 0 Å². The molecule has 2 aromatic carbocycles. The number of hydrogen-bond donors (Lipinski definition) is 0. The Kier molecular flexibility index (Phi) is 5.20. The fraction of sp³-hybridized carbons (Fsp3) is 0.211. The van der Waals surface area contributed by atoms with Crippen LogP contribution in [0.15, 0.2) is 41.4 Å². The van der Waals surface area contributed by atoms with Crippen molar-refractivity contribution in [3.63, 3.8) is 0 Å². The highest BCUT2D eigenvalue weighted by atomic mass is 35.5. The van der Waals surface area contributed by atoms with E-state index in [9.17, 15) is 0 Å². The first-order valence-corrected chi connectivity index (χ1v) is 7.26. The Balaban J connectivity index is 2.03. The lowest BCUT2D eigenvalue weighted by molar-refractivity contribution is 1.28. The molecule has 0 unspecified atom stereocenters. The van der Waals surface area contributed by atoms with Gasteiger partial charge < -0.3 is 0 Å². The molecule has 0 radical (unpaired) electrons. The molecule has 0 bridgehead atoms. The van der Waals surface area contributed by atoms with Gasteiger partial charge in [-0.1, -0.05) is 41.6 Å². The minimum Gasteiger partial charge on any atom is -0.280 e. The van der Waals surface area contributed by atoms with Crippen LogP contribution in [0.2, 0.25) is 5.02 Å². The molecule has 0 saturated carbocycles. The summed E-state index contributed by atoms with van der Waals surface area (Å²) in [5, 5.41) is 0.718. The second-order valence-electron chi connectivity index (χ2n) is 5.08. The van der Waals surface area contributed by atoms with Crippen molar-refractivity contribution in [1.29, 1.82) is 0 Å². The summed E-state index contributed by atoms with van der Waals surface area (Å²) in [5.74, 6) is 6.28. The third-order valence-electron chi connectivity index (χ3n) is 3.32. The van der Waals surface area contributed by atoms with Crippen molar-refractivity contribution < 1.29 is 0 Å². The largest absolute Gasteiger partial charge is 0.280 e. The van der Waals surface area contributed by atoms with Crippen LogP contribution in [0.3, 0.4) is 0 Å². The minimum absolute atomic E-state index is 0.485. The van der Waals surface area contributed by atoms with Gasteiger partial charge in [-0.25, -0.2) is 0 Å². The van der Waals surface area contributed by atoms with E-state index in [1.54, 1.807) is 6.21 Å². The molecule has 21 heavy (non-hydrogen) atoms. The standard InChI is InChI=1S/C19H18ClN/c1-14-10-16(3)18(11-15(14)2)7-5-9-21-13-17-6-4-8-19(20)12-17/h4,6,8,10-13H,9H2,1-3H3. The Hall–Kier alpha value is -2.04. The Morgan fingerprint density at radius 2 is 1.81 bits per heavy atom. The number of halogens is 1. The number of aliphatic imine (C=N–C) groups is 1. The molecule has 0 aromatic heterocycles. The first kappa shape index (κ1) is 15.4. The molecule has 0 aliphatic rings. The van der Waals surface area contributed by atoms with E-state index in [0.29, 0.717) is 6.54 Å². The fourth-order valence-corrected chi connectivity index (χ4v) is 2.21. The van der Waals surface area contributed by atoms with E-state index in [0.717, 1.165) is 16.1 Å². The van der Waals surface area contributed by atoms with E-state index < -0.39 is 0 Å². The molecule has 0 fully saturated rings. The zero-order valence-electron chi connectivity index (χ0n) is 12.6. The third-order valence-corrected chi connectivity index (χ3v) is 3.56. The third kappa shape index (κ3) is 4.48. The second-order valence-corrected chi connectivity index (χ2v) is 5.51. The van der Waals surface area contributed by atoms with Crippen molar-refractivity contribution in [2.45, 2.75) is 20.8 Å². The monoisotopic (exact) mass is 295 g/mol. The van der Waals surface area contributed by atoms with Crippen molar-refractivity contribution in [3.05, 3.63) is 69.2 Å². The summed E-state index contributed by atoms with van der Waals surface area (Å²) in [6, 6.07) is 11.9. The van der Waals surface area contributed by atoms with E-state index >= 15 is 0 Å². The number of rotatable bonds is 2. The van der Waals surface area contributed by atoms with Gasteiger partial charge in [0.15, 0.2) is 0 Å². The summed E-state index contributed by atoms with van der Waals surface area (Å²) in [4.78, 5) is 4.31. The summed E-state index contributed by atoms with van der Waals surface area (Å²) in [6.45, 7) is 6.80. The molecule has 0 heterocycles. The molecule has 0 spiro atoms. The number of benzene rings is 2. The van der Waals surface area contributed by atoms with Crippen LogP contribution >= 0.6 is 11.6 Å². The first-order chi connectivity index (χ1) is 10.1. The highest BCUT2D eigenvalue weighted by Crippen LogP contribution is 2.14. The lowest BCUT2D eigenvalue weighted by Crippen LogP contribution is -1.88. The van der Waals surface area contributed by atoms with Crippen LogP contribution < -0.4 is 0 Å². The molecular formula is C19H18ClN. The summed E-state index contributed by atoms with van der Waals surface area (Å²) < 4.78 is 0. The van der Waals surface area contributed by atoms with Crippen molar-refractivity contribution >= 4 is 17.8 Å². The molecule has 0 aliphatic carbocycles. The van der Waals surface area contributed by atoms with Gasteiger partial charge in [-0.15, -0.1) is 0 Å². The predicted molar refractivity (Wildman–Crippen MR) is 91.4 cm³/mol. The van der Waals surface area contributed by atoms with Crippen LogP contribution in [0.1, 0.15) is 27.8 Å². The molecule has 0 N–H and O–H groups in total. The summed E-state index contributed by atoms with van der Waals surface area (Å²) in [6.07, 6.45) is 1.80. The first-order valence-electron chi connectivity index (χ1n) is 6.88. The van der Waals surface area contributed by atoms with Gasteiger partial charge in [-0.2, -0.15) is 0 Å². The van der Waals surface area contributed by atoms with Crippen molar-refractivity contribution in [1.82, 2.24) is 0 Å². The molecule has 0 amide bonds. The van der Waals surface area contributed by atoms with Crippen LogP contribution in [0.4, 0.5) is 0 Å². The molecular weight excluding hydrogens is 278 g/mol. The molecule has 2 heteroatoms. The highest BCUT2D eigenvalue weighted by molar-refractivity contribution is 6.30. The smallest absolute Gasteiger partial charge is 0.100 e. The van der Waals surface area contributed by atoms with E-state index in [1.165, 1.54) is 16.7 Å². The highest BCUT2D eigenvalue weighted by Gasteiger charge is 1.98. The van der Waals surface area contributed by atoms with E-state index in [1.807, 2.05) is 24.3 Å². The maximum Gasteiger partial charge on any atom is 0.100 e. The van der Waals surface area contributed by atoms with Gasteiger partial charge in [0.05, 0.1) is 0 Å². The second kappa shape index (κ2) is 7.11. The van der Waals surface area contributed by atoms with Gasteiger partial charge >= 0.3 is 0 Å². The van der Waals surface area contributed by atoms with Gasteiger partial charge in [0, 0.05) is 16.8 Å². The van der Waals surface area contributed by atoms with Gasteiger partial charge in [0.2, 0.25) is 0 Å². The molecule has 0 saturated heterocycles. The van der Waals surface area contributed by atoms with Crippen LogP contribution in [0.25, 0.3) is 0 Å². The van der Waals surface area contributed by atoms with Crippen molar-refractivity contribution in [3.8, 4) is 11.8 Å². The molecule has 1 nitrogen and oxygen atoms in total. The van der Waals surface area contributed by atoms with E-state index in [2.05, 4.69) is 49.7 Å². The maximum atomic E-state index is 5.92. The Bertz CT molecular complexity index is 733. The van der Waals surface area contributed by atoms with Gasteiger partial charge in [0.1, 0.15) is 6.54 Å². The lowest BCUT2D eigenvalue weighted by atomic mass is 10.0. The zero-order chi connectivity index (χ0) is 15.2. The average Bonchev–Trinajstić information content (AvgIpc) is 2.44. The zero-order valence-corrected chi connectivity index (χ0v) is 13.3. The van der Waals surface area contributed by atoms with Crippen molar-refractivity contribution in [2.75, 3.05) is 6.54 Å². The average molecular weight is 296 g/mol. The Morgan fingerprint density at radius 1 is 1.05 bits per heavy atom. The Morgan fingerprint density at radius 3 is 2.57 bits per heavy atom. The summed E-state index contributed by atoms with van der Waals surface area (Å²) in [7, 11) is 0.